The maximum atomic E-state index is 12.4. The first-order valence-corrected chi connectivity index (χ1v) is 27.0. The molecule has 4 aromatic carbocycles. The first-order valence-electron chi connectivity index (χ1n) is 27.0. The van der Waals surface area contributed by atoms with Crippen molar-refractivity contribution in [2.75, 3.05) is 130 Å². The van der Waals surface area contributed by atoms with E-state index in [0.29, 0.717) is 78.2 Å². The second kappa shape index (κ2) is 26.4. The van der Waals surface area contributed by atoms with Crippen LogP contribution in [0.25, 0.3) is 68.6 Å². The lowest BCUT2D eigenvalue weighted by Gasteiger charge is -2.19. The van der Waals surface area contributed by atoms with Gasteiger partial charge in [0.2, 0.25) is 0 Å². The summed E-state index contributed by atoms with van der Waals surface area (Å²) >= 11 is 0. The van der Waals surface area contributed by atoms with Gasteiger partial charge in [-0.25, -0.2) is 44.7 Å². The number of anilines is 4. The normalized spacial score (nSPS) is 15.1. The third-order valence-corrected chi connectivity index (χ3v) is 13.8. The summed E-state index contributed by atoms with van der Waals surface area (Å²) in [7, 11) is 18.2. The van der Waals surface area contributed by atoms with E-state index < -0.39 is 6.09 Å². The average molecular weight is 1110 g/mol. The van der Waals surface area contributed by atoms with Gasteiger partial charge in [0.15, 0.2) is 46.3 Å². The van der Waals surface area contributed by atoms with Crippen LogP contribution < -0.4 is 49.6 Å². The molecule has 3 N–H and O–H groups in total. The van der Waals surface area contributed by atoms with Crippen LogP contribution in [0.1, 0.15) is 36.1 Å². The number of hydrogen-bond donors (Lipinski definition) is 2. The molecule has 10 rings (SSSR count). The fourth-order valence-corrected chi connectivity index (χ4v) is 9.56. The maximum Gasteiger partial charge on any atom is 0.407 e. The molecule has 426 valence electrons. The number of hydrogen-bond acceptors (Lipinski definition) is 20. The van der Waals surface area contributed by atoms with Crippen LogP contribution in [0.3, 0.4) is 0 Å². The van der Waals surface area contributed by atoms with Crippen LogP contribution in [0.5, 0.6) is 23.0 Å². The van der Waals surface area contributed by atoms with Crippen molar-refractivity contribution in [1.29, 1.82) is 0 Å². The number of nitrogens with two attached hydrogens (primary N) is 1. The van der Waals surface area contributed by atoms with Crippen LogP contribution in [-0.2, 0) is 4.74 Å². The molecule has 21 heteroatoms. The SMILES string of the molecule is COc1ccc(-c2cc(N3CCC(N)C3)nc(/C=C/c3nc(N(C)C)c4ccccc4n3)n2)cc1OC.COc1ccc(-c2cc(N3CCC(NC(=O)OCCN(C)C)C3)nc(/C=C/c3nc(N(C)C)c4ccccc4n3)n2)cc1OC. The van der Waals surface area contributed by atoms with E-state index in [4.69, 9.17) is 69.3 Å². The molecule has 0 radical (unpaired) electrons. The second-order valence-electron chi connectivity index (χ2n) is 20.4. The summed E-state index contributed by atoms with van der Waals surface area (Å²) in [5, 5.41) is 4.97. The number of para-hydroxylation sites is 2. The van der Waals surface area contributed by atoms with Gasteiger partial charge in [-0.05, 0) is 112 Å². The number of rotatable bonds is 18. The van der Waals surface area contributed by atoms with Gasteiger partial charge in [0.05, 0.1) is 56.9 Å². The zero-order valence-electron chi connectivity index (χ0n) is 48.2. The van der Waals surface area contributed by atoms with E-state index in [1.807, 2.05) is 178 Å². The van der Waals surface area contributed by atoms with Gasteiger partial charge in [0.25, 0.3) is 0 Å². The van der Waals surface area contributed by atoms with Crippen molar-refractivity contribution in [2.45, 2.75) is 24.9 Å². The molecule has 0 bridgehead atoms. The lowest BCUT2D eigenvalue weighted by molar-refractivity contribution is 0.134. The number of carbonyl (C=O) groups is 1. The minimum atomic E-state index is -0.409. The fraction of sp³-hybridized carbons (Fsp3) is 0.328. The van der Waals surface area contributed by atoms with E-state index in [9.17, 15) is 4.79 Å². The van der Waals surface area contributed by atoms with Gasteiger partial charge in [-0.2, -0.15) is 0 Å². The van der Waals surface area contributed by atoms with Crippen LogP contribution >= 0.6 is 0 Å². The number of benzene rings is 4. The summed E-state index contributed by atoms with van der Waals surface area (Å²) in [6, 6.07) is 31.4. The molecular weight excluding hydrogens is 1040 g/mol. The van der Waals surface area contributed by atoms with Gasteiger partial charge >= 0.3 is 6.09 Å². The monoisotopic (exact) mass is 1110 g/mol. The third-order valence-electron chi connectivity index (χ3n) is 13.8. The summed E-state index contributed by atoms with van der Waals surface area (Å²) in [4.78, 5) is 61.1. The molecule has 2 aliphatic heterocycles. The van der Waals surface area contributed by atoms with Gasteiger partial charge in [-0.1, -0.05) is 24.3 Å². The minimum absolute atomic E-state index is 0.0641. The van der Waals surface area contributed by atoms with Crippen molar-refractivity contribution in [3.8, 4) is 45.5 Å². The molecule has 21 nitrogen and oxygen atoms in total. The number of aromatic nitrogens is 8. The molecule has 1 amide bonds. The summed E-state index contributed by atoms with van der Waals surface area (Å²) in [6.07, 6.45) is 8.65. The minimum Gasteiger partial charge on any atom is -0.493 e. The number of methoxy groups -OCH3 is 4. The molecular formula is C61H71N15O6. The van der Waals surface area contributed by atoms with Crippen molar-refractivity contribution in [1.82, 2.24) is 50.1 Å². The highest BCUT2D eigenvalue weighted by Gasteiger charge is 2.27. The Kier molecular flexibility index (Phi) is 18.5. The number of alkyl carbamates (subject to hydrolysis) is 1. The molecule has 2 aliphatic rings. The summed E-state index contributed by atoms with van der Waals surface area (Å²) < 4.78 is 27.2. The highest BCUT2D eigenvalue weighted by molar-refractivity contribution is 5.91. The van der Waals surface area contributed by atoms with E-state index in [1.165, 1.54) is 0 Å². The molecule has 6 heterocycles. The zero-order valence-corrected chi connectivity index (χ0v) is 48.2. The van der Waals surface area contributed by atoms with Crippen molar-refractivity contribution in [2.24, 2.45) is 5.73 Å². The lowest BCUT2D eigenvalue weighted by Crippen LogP contribution is -2.38. The lowest BCUT2D eigenvalue weighted by atomic mass is 10.1. The van der Waals surface area contributed by atoms with Crippen LogP contribution in [0, 0.1) is 0 Å². The van der Waals surface area contributed by atoms with E-state index in [0.717, 1.165) is 87.8 Å². The first-order chi connectivity index (χ1) is 39.7. The summed E-state index contributed by atoms with van der Waals surface area (Å²) in [5.74, 6) is 8.01. The Balaban J connectivity index is 0.000000201. The number of nitrogens with one attached hydrogen (secondary N) is 1. The second-order valence-corrected chi connectivity index (χ2v) is 20.4. The van der Waals surface area contributed by atoms with Crippen LogP contribution in [0.4, 0.5) is 28.1 Å². The molecule has 0 spiro atoms. The van der Waals surface area contributed by atoms with Gasteiger partial charge in [0.1, 0.15) is 29.9 Å². The Morgan fingerprint density at radius 1 is 0.561 bits per heavy atom. The van der Waals surface area contributed by atoms with Crippen LogP contribution in [0.15, 0.2) is 97.1 Å². The number of ether oxygens (including phenoxy) is 5. The molecule has 8 aromatic rings. The Morgan fingerprint density at radius 2 is 1.01 bits per heavy atom. The molecule has 2 fully saturated rings. The molecule has 4 aromatic heterocycles. The Labute approximate surface area is 478 Å². The summed E-state index contributed by atoms with van der Waals surface area (Å²) in [6.45, 7) is 3.92. The van der Waals surface area contributed by atoms with Crippen LogP contribution in [0.2, 0.25) is 0 Å². The average Bonchev–Trinajstić information content (AvgIpc) is 4.28. The smallest absolute Gasteiger partial charge is 0.407 e. The zero-order chi connectivity index (χ0) is 57.9. The number of nitrogens with zero attached hydrogens (tertiary/aromatic N) is 13. The number of likely N-dealkylation sites (N-methyl/N-ethyl adjacent to an activating group) is 1. The molecule has 2 atom stereocenters. The maximum absolute atomic E-state index is 12.4. The molecule has 82 heavy (non-hydrogen) atoms. The fourth-order valence-electron chi connectivity index (χ4n) is 9.56. The summed E-state index contributed by atoms with van der Waals surface area (Å²) in [5.41, 5.74) is 11.2. The first kappa shape index (κ1) is 57.5. The predicted octanol–water partition coefficient (Wildman–Crippen LogP) is 8.08. The molecule has 0 saturated carbocycles. The molecule has 0 aliphatic carbocycles. The standard InChI is InChI=1S/C33H40N8O4.C28H31N7O2/c1-39(2)17-18-45-33(42)34-23-15-16-41(21-23)31-20-26(22-11-12-27(43-5)28(19-22)44-6)36-29(37-31)13-14-30-35-25-10-8-7-9-24(25)32(38-30)40(3)4;1-34(2)28-20-7-5-6-8-21(20)30-26(33-28)12-11-25-31-22(16-27(32-25)35-14-13-19(29)17-35)18-9-10-23(36-3)24(15-18)37-4/h7-14,19-20,23H,15-18,21H2,1-6H3,(H,34,42);5-12,15-16,19H,13-14,17,29H2,1-4H3/b14-13+;12-11+. The largest absolute Gasteiger partial charge is 0.493 e. The topological polar surface area (TPSA) is 221 Å². The van der Waals surface area contributed by atoms with Gasteiger partial charge in [0, 0.05) is 101 Å². The number of carbonyl (C=O) groups excluding carboxylic acids is 1. The van der Waals surface area contributed by atoms with E-state index in [2.05, 4.69) is 15.1 Å². The van der Waals surface area contributed by atoms with Crippen molar-refractivity contribution >= 4 is 75.5 Å². The van der Waals surface area contributed by atoms with Crippen molar-refractivity contribution < 1.29 is 28.5 Å². The number of fused-ring (bicyclic) bond motifs is 2. The van der Waals surface area contributed by atoms with Crippen LogP contribution in [-0.4, -0.2) is 173 Å². The van der Waals surface area contributed by atoms with Crippen molar-refractivity contribution in [3.63, 3.8) is 0 Å². The Morgan fingerprint density at radius 3 is 1.45 bits per heavy atom. The number of amides is 1. The van der Waals surface area contributed by atoms with E-state index in [1.54, 1.807) is 28.4 Å². The Bertz CT molecular complexity index is 3600. The van der Waals surface area contributed by atoms with Gasteiger partial charge in [-0.15, -0.1) is 0 Å². The van der Waals surface area contributed by atoms with Crippen molar-refractivity contribution in [3.05, 3.63) is 120 Å². The highest BCUT2D eigenvalue weighted by atomic mass is 16.5. The highest BCUT2D eigenvalue weighted by Crippen LogP contribution is 2.35. The van der Waals surface area contributed by atoms with E-state index in [-0.39, 0.29) is 12.1 Å². The molecule has 2 saturated heterocycles. The van der Waals surface area contributed by atoms with E-state index >= 15 is 0 Å². The molecule has 2 unspecified atom stereocenters. The third kappa shape index (κ3) is 14.0. The Hall–Kier alpha value is -9.21. The predicted molar refractivity (Wildman–Crippen MR) is 325 cm³/mol. The van der Waals surface area contributed by atoms with Gasteiger partial charge < -0.3 is 59.2 Å². The quantitative estimate of drug-likeness (QED) is 0.0829. The van der Waals surface area contributed by atoms with Gasteiger partial charge in [-0.3, -0.25) is 0 Å².